The van der Waals surface area contributed by atoms with Crippen molar-refractivity contribution in [2.45, 2.75) is 98.5 Å². The Morgan fingerprint density at radius 3 is 1.70 bits per heavy atom. The van der Waals surface area contributed by atoms with Crippen LogP contribution in [0.1, 0.15) is 109 Å². The van der Waals surface area contributed by atoms with Gasteiger partial charge in [0.1, 0.15) is 32.2 Å². The van der Waals surface area contributed by atoms with E-state index in [0.29, 0.717) is 23.5 Å². The summed E-state index contributed by atoms with van der Waals surface area (Å²) < 4.78 is 94.6. The maximum atomic E-state index is 11.7. The van der Waals surface area contributed by atoms with Crippen LogP contribution in [0.15, 0.2) is 97.6 Å². The Hall–Kier alpha value is -4.99. The van der Waals surface area contributed by atoms with Crippen molar-refractivity contribution in [3.8, 4) is 5.75 Å². The van der Waals surface area contributed by atoms with E-state index >= 15 is 0 Å². The zero-order chi connectivity index (χ0) is 56.0. The van der Waals surface area contributed by atoms with Crippen molar-refractivity contribution in [1.82, 2.24) is 0 Å². The maximum absolute atomic E-state index is 11.7. The molecule has 0 spiro atoms. The van der Waals surface area contributed by atoms with Crippen LogP contribution >= 0.6 is 7.60 Å². The van der Waals surface area contributed by atoms with Gasteiger partial charge in [-0.25, -0.2) is 19.2 Å². The van der Waals surface area contributed by atoms with Gasteiger partial charge in [0.2, 0.25) is 0 Å². The summed E-state index contributed by atoms with van der Waals surface area (Å²) in [5, 5.41) is 7.60. The van der Waals surface area contributed by atoms with Gasteiger partial charge in [-0.2, -0.15) is 16.8 Å². The summed E-state index contributed by atoms with van der Waals surface area (Å²) >= 11 is 0. The summed E-state index contributed by atoms with van der Waals surface area (Å²) in [6, 6.07) is 15.6. The normalized spacial score (nSPS) is 12.5. The summed E-state index contributed by atoms with van der Waals surface area (Å²) in [6.07, 6.45) is 12.3. The third kappa shape index (κ3) is 43.2. The number of ether oxygens (including phenoxy) is 5. The van der Waals surface area contributed by atoms with E-state index in [9.17, 15) is 40.6 Å². The van der Waals surface area contributed by atoms with E-state index in [1.807, 2.05) is 42.5 Å². The molecule has 2 aromatic carbocycles. The third-order valence-corrected chi connectivity index (χ3v) is 11.1. The van der Waals surface area contributed by atoms with Crippen molar-refractivity contribution >= 4 is 51.7 Å². The first-order valence-electron chi connectivity index (χ1n) is 23.4. The highest BCUT2D eigenvalue weighted by atomic mass is 32.2. The number of aliphatic carboxylic acids is 1. The number of unbranched alkanes of at least 4 members (excludes halogenated alkanes) is 6. The van der Waals surface area contributed by atoms with E-state index < -0.39 is 51.7 Å². The van der Waals surface area contributed by atoms with E-state index in [0.717, 1.165) is 61.2 Å². The minimum Gasteiger partial charge on any atom is -0.491 e. The van der Waals surface area contributed by atoms with Gasteiger partial charge in [0.05, 0.1) is 45.5 Å². The first-order chi connectivity index (χ1) is 34.0. The molecule has 73 heavy (non-hydrogen) atoms. The van der Waals surface area contributed by atoms with Gasteiger partial charge in [-0.15, -0.1) is 0 Å². The maximum Gasteiger partial charge on any atom is 0.333 e. The Labute approximate surface area is 433 Å². The summed E-state index contributed by atoms with van der Waals surface area (Å²) in [5.74, 6) is -1.65. The molecule has 0 aromatic heterocycles. The summed E-state index contributed by atoms with van der Waals surface area (Å²) in [6.45, 7) is 24.3. The fourth-order valence-corrected chi connectivity index (χ4v) is 6.69. The van der Waals surface area contributed by atoms with Crippen molar-refractivity contribution in [3.05, 3.63) is 114 Å². The van der Waals surface area contributed by atoms with Crippen LogP contribution < -0.4 is 4.74 Å². The molecule has 0 fully saturated rings. The lowest BCUT2D eigenvalue weighted by molar-refractivity contribution is -0.141. The second-order valence-electron chi connectivity index (χ2n) is 16.6. The standard InChI is InChI=1S/C22H26O6S.C19H36O6S.C7H13O5P.C3H4O2/c1-16(2)22(23)27-15-18-12-20(17(3)19-8-6-5-7-9-19)14-21(13-18)26-10-11-28-29(4,24)25;1-5-6-7-8-9-10-11-12-18(16-24-19(20)17(2)3)15-23-13-14-25-26(4,21)22;1-6(2)7(8)11-4-5-12-13(3,9)10;1-2-3(4)5/h5-9,12-14,17H,1,10-11,15H2,2-4H3;18H,2,5-16H2,1,3-4H3;1,4-5H2,2-3H3,(H,9,10);2H,1H2,(H,4,5). The molecule has 0 aliphatic heterocycles. The molecule has 2 aromatic rings. The molecule has 2 rings (SSSR count). The number of benzene rings is 2. The largest absolute Gasteiger partial charge is 0.491 e. The molecule has 414 valence electrons. The van der Waals surface area contributed by atoms with E-state index in [1.165, 1.54) is 39.0 Å². The summed E-state index contributed by atoms with van der Waals surface area (Å²) in [5.41, 5.74) is 3.87. The quantitative estimate of drug-likeness (QED) is 0.0169. The Kier molecular flexibility index (Phi) is 37.9. The molecule has 3 unspecified atom stereocenters. The van der Waals surface area contributed by atoms with Gasteiger partial charge >= 0.3 is 31.5 Å². The average molecular weight is 1090 g/mol. The number of carboxylic acids is 1. The fraction of sp³-hybridized carbons (Fsp3) is 0.529. The minimum absolute atomic E-state index is 0.00542. The molecule has 0 saturated heterocycles. The summed E-state index contributed by atoms with van der Waals surface area (Å²) in [7, 11) is -10.4. The van der Waals surface area contributed by atoms with Crippen LogP contribution in [0.2, 0.25) is 0 Å². The zero-order valence-corrected chi connectivity index (χ0v) is 46.3. The Bertz CT molecular complexity index is 2270. The molecule has 0 amide bonds. The van der Waals surface area contributed by atoms with Gasteiger partial charge in [-0.1, -0.05) is 122 Å². The lowest BCUT2D eigenvalue weighted by atomic mass is 9.92. The van der Waals surface area contributed by atoms with Crippen molar-refractivity contribution in [2.24, 2.45) is 5.92 Å². The first kappa shape index (κ1) is 70.1. The number of rotatable bonds is 33. The molecule has 0 saturated carbocycles. The molecule has 2 N–H and O–H groups in total. The predicted octanol–water partition coefficient (Wildman–Crippen LogP) is 8.86. The number of carbonyl (C=O) groups excluding carboxylic acids is 3. The lowest BCUT2D eigenvalue weighted by Crippen LogP contribution is -2.21. The number of hydrogen-bond donors (Lipinski definition) is 2. The molecule has 0 heterocycles. The first-order valence-corrected chi connectivity index (χ1v) is 29.0. The van der Waals surface area contributed by atoms with Gasteiger partial charge in [-0.3, -0.25) is 12.9 Å². The molecule has 19 nitrogen and oxygen atoms in total. The molecule has 0 aliphatic carbocycles. The second-order valence-corrected chi connectivity index (χ2v) is 21.8. The molecule has 3 atom stereocenters. The number of hydrogen-bond acceptors (Lipinski definition) is 17. The van der Waals surface area contributed by atoms with Crippen molar-refractivity contribution in [1.29, 1.82) is 0 Å². The third-order valence-electron chi connectivity index (χ3n) is 9.22. The van der Waals surface area contributed by atoms with E-state index in [2.05, 4.69) is 53.6 Å². The predicted molar refractivity (Wildman–Crippen MR) is 280 cm³/mol. The average Bonchev–Trinajstić information content (AvgIpc) is 3.31. The van der Waals surface area contributed by atoms with E-state index in [-0.39, 0.29) is 70.3 Å². The van der Waals surface area contributed by atoms with Gasteiger partial charge in [0, 0.05) is 41.3 Å². The number of carboxylic acid groups (broad SMARTS) is 1. The SMILES string of the molecule is C=C(C)C(=O)OCC(CCCCCCCCC)COCCOS(C)(=O)=O.C=C(C)C(=O)OCCOP(C)(=O)O.C=C(C)C(=O)OCc1cc(OCCOS(C)(=O)=O)cc(C(C)c2ccccc2)c1.C=CC(=O)O. The van der Waals surface area contributed by atoms with Gasteiger partial charge < -0.3 is 38.2 Å². The molecular formula is C51H79O19PS2. The topological polar surface area (TPSA) is 268 Å². The Balaban J connectivity index is 0. The van der Waals surface area contributed by atoms with Crippen molar-refractivity contribution in [2.75, 3.05) is 72.0 Å². The molecule has 0 aliphatic rings. The van der Waals surface area contributed by atoms with Gasteiger partial charge in [0.15, 0.2) is 0 Å². The molecule has 0 radical (unpaired) electrons. The molecular weight excluding hydrogens is 1010 g/mol. The highest BCUT2D eigenvalue weighted by molar-refractivity contribution is 7.86. The van der Waals surface area contributed by atoms with E-state index in [4.69, 9.17) is 33.1 Å². The monoisotopic (exact) mass is 1090 g/mol. The van der Waals surface area contributed by atoms with Crippen LogP contribution in [0.25, 0.3) is 0 Å². The van der Waals surface area contributed by atoms with Crippen LogP contribution in [0, 0.1) is 5.92 Å². The minimum atomic E-state index is -3.52. The van der Waals surface area contributed by atoms with Gasteiger partial charge in [-0.05, 0) is 56.0 Å². The Morgan fingerprint density at radius 2 is 1.19 bits per heavy atom. The number of carbonyl (C=O) groups is 4. The summed E-state index contributed by atoms with van der Waals surface area (Å²) in [4.78, 5) is 52.0. The second kappa shape index (κ2) is 39.5. The van der Waals surface area contributed by atoms with Crippen molar-refractivity contribution < 1.29 is 87.2 Å². The fourth-order valence-electron chi connectivity index (χ4n) is 5.53. The number of esters is 3. The highest BCUT2D eigenvalue weighted by Crippen LogP contribution is 2.36. The smallest absolute Gasteiger partial charge is 0.333 e. The van der Waals surface area contributed by atoms with E-state index in [1.54, 1.807) is 19.9 Å². The van der Waals surface area contributed by atoms with Crippen LogP contribution in [0.3, 0.4) is 0 Å². The van der Waals surface area contributed by atoms with Crippen molar-refractivity contribution in [3.63, 3.8) is 0 Å². The van der Waals surface area contributed by atoms with Crippen LogP contribution in [0.5, 0.6) is 5.75 Å². The van der Waals surface area contributed by atoms with Crippen LogP contribution in [-0.2, 0) is 82.4 Å². The molecule has 22 heteroatoms. The van der Waals surface area contributed by atoms with Crippen LogP contribution in [-0.4, -0.2) is 123 Å². The lowest BCUT2D eigenvalue weighted by Gasteiger charge is -2.17. The van der Waals surface area contributed by atoms with Gasteiger partial charge in [0.25, 0.3) is 20.2 Å². The Morgan fingerprint density at radius 1 is 0.685 bits per heavy atom. The van der Waals surface area contributed by atoms with Crippen LogP contribution in [0.4, 0.5) is 0 Å². The molecule has 0 bridgehead atoms. The highest BCUT2D eigenvalue weighted by Gasteiger charge is 2.16. The zero-order valence-electron chi connectivity index (χ0n) is 43.8.